The number of amides is 1. The van der Waals surface area contributed by atoms with Crippen molar-refractivity contribution in [3.63, 3.8) is 0 Å². The van der Waals surface area contributed by atoms with Crippen LogP contribution in [0.4, 0.5) is 5.69 Å². The van der Waals surface area contributed by atoms with Crippen LogP contribution >= 0.6 is 15.9 Å². The average Bonchev–Trinajstić information content (AvgIpc) is 2.66. The zero-order valence-corrected chi connectivity index (χ0v) is 10.8. The Morgan fingerprint density at radius 3 is 3.00 bits per heavy atom. The Balaban J connectivity index is 2.07. The van der Waals surface area contributed by atoms with E-state index in [1.54, 1.807) is 0 Å². The van der Waals surface area contributed by atoms with Gasteiger partial charge in [-0.2, -0.15) is 0 Å². The third-order valence-corrected chi connectivity index (χ3v) is 3.49. The van der Waals surface area contributed by atoms with Gasteiger partial charge in [-0.05, 0) is 38.1 Å². The lowest BCUT2D eigenvalue weighted by Gasteiger charge is -2.21. The minimum atomic E-state index is -0.275. The predicted octanol–water partition coefficient (Wildman–Crippen LogP) is 2.39. The van der Waals surface area contributed by atoms with Gasteiger partial charge in [0, 0.05) is 16.7 Å². The van der Waals surface area contributed by atoms with Gasteiger partial charge < -0.3 is 10.6 Å². The Bertz CT molecular complexity index is 400. The van der Waals surface area contributed by atoms with E-state index in [-0.39, 0.29) is 11.3 Å². The maximum Gasteiger partial charge on any atom is 0.231 e. The summed E-state index contributed by atoms with van der Waals surface area (Å²) in [6.07, 6.45) is 0.896. The van der Waals surface area contributed by atoms with Crippen LogP contribution in [0.3, 0.4) is 0 Å². The van der Waals surface area contributed by atoms with Crippen molar-refractivity contribution in [2.75, 3.05) is 18.4 Å². The molecule has 1 fully saturated rings. The van der Waals surface area contributed by atoms with Crippen LogP contribution in [0.25, 0.3) is 0 Å². The summed E-state index contributed by atoms with van der Waals surface area (Å²) >= 11 is 3.39. The molecule has 1 aliphatic rings. The molecule has 0 radical (unpaired) electrons. The van der Waals surface area contributed by atoms with Crippen molar-refractivity contribution in [1.29, 1.82) is 0 Å². The van der Waals surface area contributed by atoms with Crippen molar-refractivity contribution < 1.29 is 4.79 Å². The van der Waals surface area contributed by atoms with Crippen LogP contribution in [0, 0.1) is 5.41 Å². The number of halogens is 1. The molecule has 4 heteroatoms. The summed E-state index contributed by atoms with van der Waals surface area (Å²) in [6.45, 7) is 3.68. The summed E-state index contributed by atoms with van der Waals surface area (Å²) in [4.78, 5) is 12.1. The molecule has 1 saturated heterocycles. The Morgan fingerprint density at radius 1 is 1.56 bits per heavy atom. The van der Waals surface area contributed by atoms with Crippen molar-refractivity contribution in [2.24, 2.45) is 5.41 Å². The fourth-order valence-corrected chi connectivity index (χ4v) is 2.26. The summed E-state index contributed by atoms with van der Waals surface area (Å²) in [5, 5.41) is 6.18. The van der Waals surface area contributed by atoms with Gasteiger partial charge in [0.25, 0.3) is 0 Å². The molecule has 2 rings (SSSR count). The zero-order chi connectivity index (χ0) is 11.6. The molecule has 1 amide bonds. The third-order valence-electron chi connectivity index (χ3n) is 3.00. The monoisotopic (exact) mass is 282 g/mol. The van der Waals surface area contributed by atoms with E-state index in [1.807, 2.05) is 31.2 Å². The normalized spacial score (nSPS) is 24.4. The summed E-state index contributed by atoms with van der Waals surface area (Å²) < 4.78 is 0.972. The molecule has 1 atom stereocenters. The smallest absolute Gasteiger partial charge is 0.231 e. The topological polar surface area (TPSA) is 41.1 Å². The molecule has 0 aliphatic carbocycles. The molecule has 1 unspecified atom stereocenters. The van der Waals surface area contributed by atoms with E-state index in [0.29, 0.717) is 0 Å². The SMILES string of the molecule is CC1(C(=O)Nc2cccc(Br)c2)CCNC1. The van der Waals surface area contributed by atoms with Crippen LogP contribution in [-0.2, 0) is 4.79 Å². The summed E-state index contributed by atoms with van der Waals surface area (Å²) in [7, 11) is 0. The fourth-order valence-electron chi connectivity index (χ4n) is 1.86. The number of rotatable bonds is 2. The zero-order valence-electron chi connectivity index (χ0n) is 9.22. The van der Waals surface area contributed by atoms with Gasteiger partial charge in [0.15, 0.2) is 0 Å². The fraction of sp³-hybridized carbons (Fsp3) is 0.417. The highest BCUT2D eigenvalue weighted by Gasteiger charge is 2.36. The lowest BCUT2D eigenvalue weighted by Crippen LogP contribution is -2.35. The molecule has 86 valence electrons. The van der Waals surface area contributed by atoms with Crippen LogP contribution in [0.15, 0.2) is 28.7 Å². The first kappa shape index (κ1) is 11.6. The third kappa shape index (κ3) is 2.44. The lowest BCUT2D eigenvalue weighted by atomic mass is 9.89. The standard InChI is InChI=1S/C12H15BrN2O/c1-12(5-6-14-8-12)11(16)15-10-4-2-3-9(13)7-10/h2-4,7,14H,5-6,8H2,1H3,(H,15,16). The Labute approximate surface area is 104 Å². The van der Waals surface area contributed by atoms with Crippen molar-refractivity contribution in [3.8, 4) is 0 Å². The maximum atomic E-state index is 12.1. The molecule has 3 nitrogen and oxygen atoms in total. The molecule has 0 spiro atoms. The van der Waals surface area contributed by atoms with Gasteiger partial charge in [0.05, 0.1) is 5.41 Å². The van der Waals surface area contributed by atoms with Gasteiger partial charge in [-0.3, -0.25) is 4.79 Å². The number of benzene rings is 1. The molecule has 1 aromatic rings. The van der Waals surface area contributed by atoms with E-state index >= 15 is 0 Å². The van der Waals surface area contributed by atoms with Crippen LogP contribution in [-0.4, -0.2) is 19.0 Å². The number of carbonyl (C=O) groups excluding carboxylic acids is 1. The van der Waals surface area contributed by atoms with Gasteiger partial charge in [-0.15, -0.1) is 0 Å². The molecule has 0 saturated carbocycles. The second-order valence-electron chi connectivity index (χ2n) is 4.45. The number of anilines is 1. The Kier molecular flexibility index (Phi) is 3.30. The van der Waals surface area contributed by atoms with E-state index in [2.05, 4.69) is 26.6 Å². The molecule has 0 aromatic heterocycles. The van der Waals surface area contributed by atoms with Crippen molar-refractivity contribution in [1.82, 2.24) is 5.32 Å². The van der Waals surface area contributed by atoms with Gasteiger partial charge in [-0.25, -0.2) is 0 Å². The van der Waals surface area contributed by atoms with Gasteiger partial charge >= 0.3 is 0 Å². The van der Waals surface area contributed by atoms with E-state index < -0.39 is 0 Å². The highest BCUT2D eigenvalue weighted by molar-refractivity contribution is 9.10. The Hall–Kier alpha value is -0.870. The Morgan fingerprint density at radius 2 is 2.38 bits per heavy atom. The van der Waals surface area contributed by atoms with E-state index in [4.69, 9.17) is 0 Å². The minimum absolute atomic E-state index is 0.0931. The second-order valence-corrected chi connectivity index (χ2v) is 5.37. The quantitative estimate of drug-likeness (QED) is 0.875. The van der Waals surface area contributed by atoms with E-state index in [9.17, 15) is 4.79 Å². The van der Waals surface area contributed by atoms with Crippen molar-refractivity contribution in [3.05, 3.63) is 28.7 Å². The number of hydrogen-bond acceptors (Lipinski definition) is 2. The molecule has 1 aliphatic heterocycles. The summed E-state index contributed by atoms with van der Waals surface area (Å²) in [5.74, 6) is 0.0931. The van der Waals surface area contributed by atoms with Crippen LogP contribution in [0.1, 0.15) is 13.3 Å². The number of carbonyl (C=O) groups is 1. The number of hydrogen-bond donors (Lipinski definition) is 2. The highest BCUT2D eigenvalue weighted by Crippen LogP contribution is 2.26. The van der Waals surface area contributed by atoms with E-state index in [0.717, 1.165) is 29.7 Å². The average molecular weight is 283 g/mol. The largest absolute Gasteiger partial charge is 0.326 e. The molecular weight excluding hydrogens is 268 g/mol. The molecule has 2 N–H and O–H groups in total. The van der Waals surface area contributed by atoms with Crippen LogP contribution < -0.4 is 10.6 Å². The summed E-state index contributed by atoms with van der Waals surface area (Å²) in [6, 6.07) is 7.65. The summed E-state index contributed by atoms with van der Waals surface area (Å²) in [5.41, 5.74) is 0.565. The minimum Gasteiger partial charge on any atom is -0.326 e. The van der Waals surface area contributed by atoms with Crippen LogP contribution in [0.2, 0.25) is 0 Å². The predicted molar refractivity (Wildman–Crippen MR) is 68.4 cm³/mol. The van der Waals surface area contributed by atoms with Crippen molar-refractivity contribution >= 4 is 27.5 Å². The lowest BCUT2D eigenvalue weighted by molar-refractivity contribution is -0.123. The van der Waals surface area contributed by atoms with Gasteiger partial charge in [-0.1, -0.05) is 22.0 Å². The molecule has 0 bridgehead atoms. The first-order valence-electron chi connectivity index (χ1n) is 5.38. The molecule has 1 heterocycles. The van der Waals surface area contributed by atoms with Crippen molar-refractivity contribution in [2.45, 2.75) is 13.3 Å². The first-order valence-corrected chi connectivity index (χ1v) is 6.17. The number of nitrogens with one attached hydrogen (secondary N) is 2. The molecule has 16 heavy (non-hydrogen) atoms. The van der Waals surface area contributed by atoms with Crippen LogP contribution in [0.5, 0.6) is 0 Å². The maximum absolute atomic E-state index is 12.1. The van der Waals surface area contributed by atoms with E-state index in [1.165, 1.54) is 0 Å². The van der Waals surface area contributed by atoms with Gasteiger partial charge in [0.1, 0.15) is 0 Å². The van der Waals surface area contributed by atoms with Gasteiger partial charge in [0.2, 0.25) is 5.91 Å². The second kappa shape index (κ2) is 4.55. The molecular formula is C12H15BrN2O. The highest BCUT2D eigenvalue weighted by atomic mass is 79.9. The first-order chi connectivity index (χ1) is 7.60. The molecule has 1 aromatic carbocycles.